The molecule has 0 aromatic heterocycles. The zero-order chi connectivity index (χ0) is 20.7. The highest BCUT2D eigenvalue weighted by molar-refractivity contribution is 5.89. The largest absolute Gasteiger partial charge is 0.391 e. The highest BCUT2D eigenvalue weighted by atomic mass is 16.8. The fraction of sp³-hybridized carbons (Fsp3) is 0.609. The number of ether oxygens (including phenoxy) is 1. The molecule has 0 aliphatic carbocycles. The molecule has 1 fully saturated rings. The quantitative estimate of drug-likeness (QED) is 0.209. The zero-order valence-electron chi connectivity index (χ0n) is 17.1. The summed E-state index contributed by atoms with van der Waals surface area (Å²) in [7, 11) is 0. The molecule has 1 saturated heterocycles. The SMILES string of the molecule is CCCCC/C=C\C/C=C\C/C=C\C/C=C\CCCC(=O)C1(O)OC1(O)CO. The summed E-state index contributed by atoms with van der Waals surface area (Å²) in [6, 6.07) is 0. The van der Waals surface area contributed by atoms with Crippen LogP contribution in [0.5, 0.6) is 0 Å². The van der Waals surface area contributed by atoms with Gasteiger partial charge in [-0.05, 0) is 44.9 Å². The number of unbranched alkanes of at least 4 members (excludes halogenated alkanes) is 4. The van der Waals surface area contributed by atoms with E-state index in [2.05, 4.69) is 48.1 Å². The van der Waals surface area contributed by atoms with E-state index in [1.807, 2.05) is 12.2 Å². The highest BCUT2D eigenvalue weighted by Gasteiger charge is 2.74. The molecule has 0 bridgehead atoms. The summed E-state index contributed by atoms with van der Waals surface area (Å²) in [5.74, 6) is -4.95. The highest BCUT2D eigenvalue weighted by Crippen LogP contribution is 2.44. The number of rotatable bonds is 16. The molecular weight excluding hydrogens is 356 g/mol. The fourth-order valence-electron chi connectivity index (χ4n) is 2.74. The summed E-state index contributed by atoms with van der Waals surface area (Å²) >= 11 is 0. The van der Waals surface area contributed by atoms with E-state index in [9.17, 15) is 15.0 Å². The number of aliphatic hydroxyl groups excluding tert-OH is 1. The van der Waals surface area contributed by atoms with Gasteiger partial charge >= 0.3 is 0 Å². The first kappa shape index (κ1) is 24.5. The molecule has 1 aliphatic rings. The van der Waals surface area contributed by atoms with E-state index in [0.29, 0.717) is 12.8 Å². The van der Waals surface area contributed by atoms with Crippen molar-refractivity contribution in [3.63, 3.8) is 0 Å². The summed E-state index contributed by atoms with van der Waals surface area (Å²) < 4.78 is 4.56. The molecule has 5 nitrogen and oxygen atoms in total. The number of epoxide rings is 1. The average molecular weight is 393 g/mol. The Labute approximate surface area is 169 Å². The molecule has 0 saturated carbocycles. The molecule has 158 valence electrons. The van der Waals surface area contributed by atoms with Crippen LogP contribution in [0.3, 0.4) is 0 Å². The zero-order valence-corrected chi connectivity index (χ0v) is 17.1. The molecule has 0 aromatic rings. The minimum Gasteiger partial charge on any atom is -0.391 e. The molecule has 3 N–H and O–H groups in total. The monoisotopic (exact) mass is 392 g/mol. The van der Waals surface area contributed by atoms with Gasteiger partial charge in [-0.3, -0.25) is 9.53 Å². The van der Waals surface area contributed by atoms with Crippen molar-refractivity contribution in [2.45, 2.75) is 82.7 Å². The molecule has 5 heteroatoms. The van der Waals surface area contributed by atoms with Crippen molar-refractivity contribution in [1.29, 1.82) is 0 Å². The van der Waals surface area contributed by atoms with Crippen LogP contribution in [0, 0.1) is 0 Å². The van der Waals surface area contributed by atoms with Gasteiger partial charge in [0, 0.05) is 6.42 Å². The first-order valence-corrected chi connectivity index (χ1v) is 10.4. The summed E-state index contributed by atoms with van der Waals surface area (Å²) in [4.78, 5) is 11.8. The Kier molecular flexibility index (Phi) is 11.9. The minimum atomic E-state index is -2.23. The fourth-order valence-corrected chi connectivity index (χ4v) is 2.74. The molecule has 28 heavy (non-hydrogen) atoms. The van der Waals surface area contributed by atoms with Gasteiger partial charge in [0.1, 0.15) is 6.61 Å². The van der Waals surface area contributed by atoms with Gasteiger partial charge in [-0.1, -0.05) is 68.4 Å². The standard InChI is InChI=1S/C23H36O5/c1-2-3-4-5-6-7-8-9-10-11-12-13-14-15-16-17-18-19-21(25)23(27)22(26,20-24)28-23/h6-7,9-10,12-13,15-16,24,26-27H,2-5,8,11,14,17-20H2,1H3/b7-6-,10-9-,13-12-,16-15-. The lowest BCUT2D eigenvalue weighted by molar-refractivity contribution is -0.138. The maximum atomic E-state index is 11.8. The lowest BCUT2D eigenvalue weighted by atomic mass is 10.0. The van der Waals surface area contributed by atoms with E-state index in [1.165, 1.54) is 25.7 Å². The number of hydrogen-bond donors (Lipinski definition) is 3. The Morgan fingerprint density at radius 2 is 1.32 bits per heavy atom. The first-order valence-electron chi connectivity index (χ1n) is 10.4. The topological polar surface area (TPSA) is 90.3 Å². The molecule has 2 atom stereocenters. The van der Waals surface area contributed by atoms with Crippen LogP contribution in [0.25, 0.3) is 0 Å². The van der Waals surface area contributed by atoms with Gasteiger partial charge in [-0.25, -0.2) is 0 Å². The normalized spacial score (nSPS) is 25.0. The Hall–Kier alpha value is -1.53. The third-order valence-electron chi connectivity index (χ3n) is 4.63. The van der Waals surface area contributed by atoms with E-state index in [0.717, 1.165) is 19.3 Å². The Morgan fingerprint density at radius 3 is 1.79 bits per heavy atom. The molecule has 1 rings (SSSR count). The second kappa shape index (κ2) is 13.6. The third kappa shape index (κ3) is 8.65. The van der Waals surface area contributed by atoms with E-state index in [4.69, 9.17) is 5.11 Å². The molecule has 0 amide bonds. The van der Waals surface area contributed by atoms with Crippen LogP contribution < -0.4 is 0 Å². The molecule has 1 heterocycles. The van der Waals surface area contributed by atoms with Crippen LogP contribution in [0.2, 0.25) is 0 Å². The number of aliphatic hydroxyl groups is 3. The van der Waals surface area contributed by atoms with Crippen molar-refractivity contribution >= 4 is 5.78 Å². The van der Waals surface area contributed by atoms with Crippen molar-refractivity contribution in [2.75, 3.05) is 6.61 Å². The second-order valence-corrected chi connectivity index (χ2v) is 7.09. The van der Waals surface area contributed by atoms with Crippen molar-refractivity contribution < 1.29 is 24.9 Å². The number of carbonyl (C=O) groups excluding carboxylic acids is 1. The van der Waals surface area contributed by atoms with Gasteiger partial charge in [0.15, 0.2) is 5.78 Å². The molecule has 2 unspecified atom stereocenters. The Morgan fingerprint density at radius 1 is 0.821 bits per heavy atom. The van der Waals surface area contributed by atoms with Crippen LogP contribution in [-0.4, -0.2) is 39.3 Å². The molecular formula is C23H36O5. The Bertz CT molecular complexity index is 563. The van der Waals surface area contributed by atoms with E-state index >= 15 is 0 Å². The van der Waals surface area contributed by atoms with E-state index in [-0.39, 0.29) is 6.42 Å². The minimum absolute atomic E-state index is 0.0941. The van der Waals surface area contributed by atoms with Crippen LogP contribution >= 0.6 is 0 Å². The van der Waals surface area contributed by atoms with Crippen molar-refractivity contribution in [2.24, 2.45) is 0 Å². The number of allylic oxidation sites excluding steroid dienone is 8. The number of hydrogen-bond acceptors (Lipinski definition) is 5. The van der Waals surface area contributed by atoms with Gasteiger partial charge in [0.05, 0.1) is 0 Å². The van der Waals surface area contributed by atoms with Gasteiger partial charge in [-0.2, -0.15) is 0 Å². The molecule has 1 aliphatic heterocycles. The Balaban J connectivity index is 1.99. The lowest BCUT2D eigenvalue weighted by Gasteiger charge is -2.06. The maximum absolute atomic E-state index is 11.8. The summed E-state index contributed by atoms with van der Waals surface area (Å²) in [5.41, 5.74) is 0. The van der Waals surface area contributed by atoms with Crippen LogP contribution in [0.15, 0.2) is 48.6 Å². The predicted molar refractivity (Wildman–Crippen MR) is 111 cm³/mol. The molecule has 0 radical (unpaired) electrons. The number of carbonyl (C=O) groups is 1. The summed E-state index contributed by atoms with van der Waals surface area (Å²) in [6.45, 7) is 1.42. The number of Topliss-reactive ketones (excluding diaryl/α,β-unsaturated/α-hetero) is 1. The molecule has 0 aromatic carbocycles. The number of ketones is 1. The van der Waals surface area contributed by atoms with Crippen LogP contribution in [0.4, 0.5) is 0 Å². The predicted octanol–water partition coefficient (Wildman–Crippen LogP) is 4.10. The first-order chi connectivity index (χ1) is 13.5. The van der Waals surface area contributed by atoms with Gasteiger partial charge in [-0.15, -0.1) is 0 Å². The lowest BCUT2D eigenvalue weighted by Crippen LogP contribution is -2.36. The average Bonchev–Trinajstić information content (AvgIpc) is 3.27. The summed E-state index contributed by atoms with van der Waals surface area (Å²) in [5, 5.41) is 28.1. The van der Waals surface area contributed by atoms with Crippen molar-refractivity contribution in [3.8, 4) is 0 Å². The maximum Gasteiger partial charge on any atom is 0.287 e. The second-order valence-electron chi connectivity index (χ2n) is 7.09. The van der Waals surface area contributed by atoms with E-state index < -0.39 is 24.0 Å². The van der Waals surface area contributed by atoms with Crippen molar-refractivity contribution in [1.82, 2.24) is 0 Å². The van der Waals surface area contributed by atoms with E-state index in [1.54, 1.807) is 0 Å². The van der Waals surface area contributed by atoms with Gasteiger partial charge in [0.2, 0.25) is 0 Å². The third-order valence-corrected chi connectivity index (χ3v) is 4.63. The van der Waals surface area contributed by atoms with Gasteiger partial charge < -0.3 is 15.3 Å². The summed E-state index contributed by atoms with van der Waals surface area (Å²) in [6.07, 6.45) is 26.3. The van der Waals surface area contributed by atoms with Crippen LogP contribution in [0.1, 0.15) is 71.1 Å². The smallest absolute Gasteiger partial charge is 0.287 e. The van der Waals surface area contributed by atoms with Crippen LogP contribution in [-0.2, 0) is 9.53 Å². The molecule has 0 spiro atoms. The van der Waals surface area contributed by atoms with Gasteiger partial charge in [0.25, 0.3) is 11.6 Å². The van der Waals surface area contributed by atoms with Crippen molar-refractivity contribution in [3.05, 3.63) is 48.6 Å².